The Morgan fingerprint density at radius 2 is 1.84 bits per heavy atom. The lowest BCUT2D eigenvalue weighted by atomic mass is 10.2. The lowest BCUT2D eigenvalue weighted by Crippen LogP contribution is -2.36. The summed E-state index contributed by atoms with van der Waals surface area (Å²) in [6.45, 7) is 1.67. The molecular weight excluding hydrogens is 436 g/mol. The van der Waals surface area contributed by atoms with Gasteiger partial charge in [0, 0.05) is 36.6 Å². The van der Waals surface area contributed by atoms with Gasteiger partial charge in [-0.1, -0.05) is 12.1 Å². The van der Waals surface area contributed by atoms with Gasteiger partial charge >= 0.3 is 11.8 Å². The first-order valence-electron chi connectivity index (χ1n) is 9.33. The molecule has 4 rings (SSSR count). The van der Waals surface area contributed by atoms with E-state index in [1.807, 2.05) is 22.9 Å². The second kappa shape index (κ2) is 9.06. The summed E-state index contributed by atoms with van der Waals surface area (Å²) < 4.78 is 1.76. The number of thiophene rings is 1. The number of benzene rings is 1. The first-order chi connectivity index (χ1) is 15.0. The van der Waals surface area contributed by atoms with Crippen LogP contribution in [0, 0.1) is 0 Å². The van der Waals surface area contributed by atoms with Gasteiger partial charge in [-0.3, -0.25) is 14.4 Å². The van der Waals surface area contributed by atoms with Crippen molar-refractivity contribution in [2.45, 2.75) is 13.3 Å². The van der Waals surface area contributed by atoms with Crippen LogP contribution in [0.15, 0.2) is 47.2 Å². The highest BCUT2D eigenvalue weighted by Gasteiger charge is 2.15. The zero-order valence-corrected chi connectivity index (χ0v) is 18.0. The maximum absolute atomic E-state index is 12.2. The predicted octanol–water partition coefficient (Wildman–Crippen LogP) is 2.78. The van der Waals surface area contributed by atoms with Crippen LogP contribution in [0.1, 0.15) is 12.6 Å². The highest BCUT2D eigenvalue weighted by molar-refractivity contribution is 7.15. The number of amides is 3. The van der Waals surface area contributed by atoms with Crippen molar-refractivity contribution in [2.24, 2.45) is 0 Å². The summed E-state index contributed by atoms with van der Waals surface area (Å²) in [5.41, 5.74) is 1.84. The van der Waals surface area contributed by atoms with E-state index in [9.17, 15) is 14.4 Å². The minimum Gasteiger partial charge on any atom is -0.347 e. The van der Waals surface area contributed by atoms with E-state index >= 15 is 0 Å². The smallest absolute Gasteiger partial charge is 0.313 e. The molecule has 3 amide bonds. The van der Waals surface area contributed by atoms with E-state index in [-0.39, 0.29) is 12.5 Å². The Hall–Kier alpha value is -3.57. The lowest BCUT2D eigenvalue weighted by molar-refractivity contribution is -0.136. The Balaban J connectivity index is 1.32. The van der Waals surface area contributed by atoms with Crippen molar-refractivity contribution < 1.29 is 14.4 Å². The molecular formula is C20H18N6O3S2. The van der Waals surface area contributed by atoms with Crippen molar-refractivity contribution >= 4 is 56.7 Å². The van der Waals surface area contributed by atoms with Crippen molar-refractivity contribution in [2.75, 3.05) is 17.2 Å². The zero-order valence-electron chi connectivity index (χ0n) is 16.4. The topological polar surface area (TPSA) is 117 Å². The average Bonchev–Trinajstić information content (AvgIpc) is 3.45. The standard InChI is InChI=1S/C20H18N6O3S2/c1-12(27)22-13-4-2-5-14(10-13)23-19(29)18(28)21-8-7-15-11-31-20-24-17(25-26(15)20)16-6-3-9-30-16/h2-6,9-11H,7-8H2,1H3,(H,21,28)(H,22,27)(H,23,29). The molecule has 0 aliphatic rings. The van der Waals surface area contributed by atoms with Gasteiger partial charge in [-0.25, -0.2) is 4.52 Å². The van der Waals surface area contributed by atoms with Gasteiger partial charge in [0.1, 0.15) is 0 Å². The molecule has 0 aliphatic carbocycles. The largest absolute Gasteiger partial charge is 0.347 e. The van der Waals surface area contributed by atoms with Crippen LogP contribution in [-0.2, 0) is 20.8 Å². The van der Waals surface area contributed by atoms with E-state index in [0.717, 1.165) is 15.5 Å². The molecule has 3 aromatic heterocycles. The number of carbonyl (C=O) groups is 3. The maximum Gasteiger partial charge on any atom is 0.313 e. The summed E-state index contributed by atoms with van der Waals surface area (Å²) in [5.74, 6) is -1.07. The normalized spacial score (nSPS) is 10.7. The molecule has 0 saturated heterocycles. The number of thiazole rings is 1. The molecule has 1 aromatic carbocycles. The summed E-state index contributed by atoms with van der Waals surface area (Å²) in [6, 6.07) is 10.5. The predicted molar refractivity (Wildman–Crippen MR) is 120 cm³/mol. The molecule has 9 nitrogen and oxygen atoms in total. The number of carbonyl (C=O) groups excluding carboxylic acids is 3. The number of fused-ring (bicyclic) bond motifs is 1. The maximum atomic E-state index is 12.2. The molecule has 0 atom stereocenters. The quantitative estimate of drug-likeness (QED) is 0.387. The molecule has 0 radical (unpaired) electrons. The molecule has 3 N–H and O–H groups in total. The van der Waals surface area contributed by atoms with Crippen LogP contribution < -0.4 is 16.0 Å². The van der Waals surface area contributed by atoms with E-state index in [4.69, 9.17) is 0 Å². The lowest BCUT2D eigenvalue weighted by Gasteiger charge is -2.08. The molecule has 0 unspecified atom stereocenters. The fraction of sp³-hybridized carbons (Fsp3) is 0.150. The van der Waals surface area contributed by atoms with E-state index < -0.39 is 11.8 Å². The number of aromatic nitrogens is 3. The van der Waals surface area contributed by atoms with Gasteiger partial charge in [-0.05, 0) is 29.6 Å². The van der Waals surface area contributed by atoms with Crippen molar-refractivity contribution in [3.63, 3.8) is 0 Å². The van der Waals surface area contributed by atoms with Crippen LogP contribution in [0.2, 0.25) is 0 Å². The Bertz CT molecular complexity index is 1250. The second-order valence-electron chi connectivity index (χ2n) is 6.56. The third-order valence-corrected chi connectivity index (χ3v) is 5.94. The molecule has 0 bridgehead atoms. The molecule has 4 aromatic rings. The molecule has 31 heavy (non-hydrogen) atoms. The number of hydrogen-bond donors (Lipinski definition) is 3. The number of nitrogens with one attached hydrogen (secondary N) is 3. The van der Waals surface area contributed by atoms with Gasteiger partial charge in [0.15, 0.2) is 5.82 Å². The van der Waals surface area contributed by atoms with Crippen LogP contribution in [0.4, 0.5) is 11.4 Å². The van der Waals surface area contributed by atoms with Crippen molar-refractivity contribution in [1.29, 1.82) is 0 Å². The third-order valence-electron chi connectivity index (χ3n) is 4.21. The molecule has 158 valence electrons. The molecule has 3 heterocycles. The first-order valence-corrected chi connectivity index (χ1v) is 11.1. The average molecular weight is 455 g/mol. The van der Waals surface area contributed by atoms with Crippen molar-refractivity contribution in [1.82, 2.24) is 19.9 Å². The Morgan fingerprint density at radius 1 is 1.03 bits per heavy atom. The molecule has 0 saturated carbocycles. The highest BCUT2D eigenvalue weighted by atomic mass is 32.1. The third kappa shape index (κ3) is 4.95. The van der Waals surface area contributed by atoms with E-state index in [1.165, 1.54) is 18.3 Å². The van der Waals surface area contributed by atoms with Gasteiger partial charge in [0.05, 0.1) is 10.6 Å². The minimum absolute atomic E-state index is 0.223. The van der Waals surface area contributed by atoms with Gasteiger partial charge in [-0.2, -0.15) is 4.98 Å². The Morgan fingerprint density at radius 3 is 2.58 bits per heavy atom. The first kappa shape index (κ1) is 20.7. The number of rotatable bonds is 6. The van der Waals surface area contributed by atoms with E-state index in [0.29, 0.717) is 23.6 Å². The summed E-state index contributed by atoms with van der Waals surface area (Å²) in [6.07, 6.45) is 0.504. The Kier molecular flexibility index (Phi) is 6.05. The van der Waals surface area contributed by atoms with Crippen LogP contribution in [0.3, 0.4) is 0 Å². The number of hydrogen-bond acceptors (Lipinski definition) is 7. The summed E-state index contributed by atoms with van der Waals surface area (Å²) in [7, 11) is 0. The van der Waals surface area contributed by atoms with Gasteiger partial charge in [0.25, 0.3) is 0 Å². The van der Waals surface area contributed by atoms with Crippen LogP contribution in [0.5, 0.6) is 0 Å². The minimum atomic E-state index is -0.781. The fourth-order valence-corrected chi connectivity index (χ4v) is 4.37. The SMILES string of the molecule is CC(=O)Nc1cccc(NC(=O)C(=O)NCCc2csc3nc(-c4cccs4)nn23)c1. The van der Waals surface area contributed by atoms with Gasteiger partial charge in [-0.15, -0.1) is 27.8 Å². The summed E-state index contributed by atoms with van der Waals surface area (Å²) >= 11 is 3.05. The van der Waals surface area contributed by atoms with Gasteiger partial charge in [0.2, 0.25) is 10.9 Å². The molecule has 11 heteroatoms. The van der Waals surface area contributed by atoms with Crippen LogP contribution in [-0.4, -0.2) is 38.9 Å². The highest BCUT2D eigenvalue weighted by Crippen LogP contribution is 2.24. The molecule has 0 spiro atoms. The van der Waals surface area contributed by atoms with Crippen molar-refractivity contribution in [3.05, 3.63) is 52.9 Å². The molecule has 0 fully saturated rings. The van der Waals surface area contributed by atoms with E-state index in [1.54, 1.807) is 40.1 Å². The Labute approximate surface area is 185 Å². The fourth-order valence-electron chi connectivity index (χ4n) is 2.86. The van der Waals surface area contributed by atoms with E-state index in [2.05, 4.69) is 26.0 Å². The van der Waals surface area contributed by atoms with Crippen LogP contribution >= 0.6 is 22.7 Å². The number of anilines is 2. The number of nitrogens with zero attached hydrogens (tertiary/aromatic N) is 3. The summed E-state index contributed by atoms with van der Waals surface area (Å²) in [5, 5.41) is 16.2. The van der Waals surface area contributed by atoms with Crippen LogP contribution in [0.25, 0.3) is 15.7 Å². The zero-order chi connectivity index (χ0) is 21.8. The molecule has 0 aliphatic heterocycles. The van der Waals surface area contributed by atoms with Crippen molar-refractivity contribution in [3.8, 4) is 10.7 Å². The summed E-state index contributed by atoms with van der Waals surface area (Å²) in [4.78, 5) is 41.7. The second-order valence-corrected chi connectivity index (χ2v) is 8.34. The monoisotopic (exact) mass is 454 g/mol. The van der Waals surface area contributed by atoms with Gasteiger partial charge < -0.3 is 16.0 Å².